The van der Waals surface area contributed by atoms with Crippen LogP contribution in [0, 0.1) is 0 Å². The summed E-state index contributed by atoms with van der Waals surface area (Å²) in [6.45, 7) is 0. The minimum Gasteiger partial charge on any atom is -0.478 e. The fraction of sp³-hybridized carbons (Fsp3) is 0. The quantitative estimate of drug-likeness (QED) is 0.867. The molecule has 0 amide bonds. The summed E-state index contributed by atoms with van der Waals surface area (Å²) in [5, 5.41) is 17.9. The van der Waals surface area contributed by atoms with Gasteiger partial charge in [0, 0.05) is 0 Å². The van der Waals surface area contributed by atoms with E-state index in [4.69, 9.17) is 10.2 Å². The lowest BCUT2D eigenvalue weighted by molar-refractivity contribution is 0.0651. The lowest BCUT2D eigenvalue weighted by atomic mass is 9.99. The average Bonchev–Trinajstić information content (AvgIpc) is 2.39. The van der Waals surface area contributed by atoms with Gasteiger partial charge in [-0.05, 0) is 23.3 Å². The van der Waals surface area contributed by atoms with Crippen LogP contribution in [-0.4, -0.2) is 22.2 Å². The highest BCUT2D eigenvalue weighted by molar-refractivity contribution is 6.02. The number of benzene rings is 2. The van der Waals surface area contributed by atoms with Crippen molar-refractivity contribution in [2.75, 3.05) is 0 Å². The summed E-state index contributed by atoms with van der Waals surface area (Å²) in [5.74, 6) is -2.49. The number of aromatic carboxylic acids is 2. The van der Waals surface area contributed by atoms with Gasteiger partial charge in [0.1, 0.15) is 0 Å². The number of hydrogen-bond donors (Lipinski definition) is 2. The lowest BCUT2D eigenvalue weighted by Crippen LogP contribution is -2.07. The van der Waals surface area contributed by atoms with Gasteiger partial charge in [-0.1, -0.05) is 36.4 Å². The molecule has 0 heterocycles. The molecule has 4 nitrogen and oxygen atoms in total. The van der Waals surface area contributed by atoms with Gasteiger partial charge >= 0.3 is 11.9 Å². The maximum Gasteiger partial charge on any atom is 0.336 e. The molecule has 0 radical (unpaired) electrons. The first-order valence-electron chi connectivity index (χ1n) is 5.25. The van der Waals surface area contributed by atoms with Crippen LogP contribution in [0.5, 0.6) is 0 Å². The largest absolute Gasteiger partial charge is 0.478 e. The summed E-state index contributed by atoms with van der Waals surface area (Å²) in [7, 11) is 0. The summed E-state index contributed by atoms with van der Waals surface area (Å²) >= 11 is 0. The molecule has 18 heavy (non-hydrogen) atoms. The zero-order chi connectivity index (χ0) is 13.1. The van der Waals surface area contributed by atoms with E-state index in [0.29, 0.717) is 5.56 Å². The molecule has 2 rings (SSSR count). The Morgan fingerprint density at radius 2 is 1.33 bits per heavy atom. The fourth-order valence-corrected chi connectivity index (χ4v) is 1.72. The second-order valence-electron chi connectivity index (χ2n) is 3.74. The Bertz CT molecular complexity index is 602. The molecule has 2 aromatic carbocycles. The summed E-state index contributed by atoms with van der Waals surface area (Å²) < 4.78 is 0. The zero-order valence-corrected chi connectivity index (χ0v) is 9.33. The van der Waals surface area contributed by atoms with Crippen LogP contribution >= 0.6 is 0 Å². The van der Waals surface area contributed by atoms with E-state index in [0.717, 1.165) is 5.56 Å². The summed E-state index contributed by atoms with van der Waals surface area (Å²) in [6.07, 6.45) is 0. The van der Waals surface area contributed by atoms with Crippen LogP contribution in [0.25, 0.3) is 11.1 Å². The third-order valence-corrected chi connectivity index (χ3v) is 2.59. The Kier molecular flexibility index (Phi) is 3.10. The minimum absolute atomic E-state index is 0.205. The van der Waals surface area contributed by atoms with Crippen molar-refractivity contribution in [3.8, 4) is 11.1 Å². The smallest absolute Gasteiger partial charge is 0.336 e. The van der Waals surface area contributed by atoms with Crippen LogP contribution in [0.3, 0.4) is 0 Å². The molecule has 2 N–H and O–H groups in total. The molecule has 90 valence electrons. The molecule has 2 aromatic rings. The van der Waals surface area contributed by atoms with Gasteiger partial charge in [-0.25, -0.2) is 9.59 Å². The number of hydrogen-bond acceptors (Lipinski definition) is 2. The topological polar surface area (TPSA) is 74.6 Å². The highest BCUT2D eigenvalue weighted by atomic mass is 16.4. The van der Waals surface area contributed by atoms with Gasteiger partial charge in [0.2, 0.25) is 0 Å². The van der Waals surface area contributed by atoms with Gasteiger partial charge < -0.3 is 10.2 Å². The van der Waals surface area contributed by atoms with Crippen molar-refractivity contribution in [1.29, 1.82) is 0 Å². The van der Waals surface area contributed by atoms with Crippen molar-refractivity contribution in [2.24, 2.45) is 0 Å². The maximum absolute atomic E-state index is 11.0. The second kappa shape index (κ2) is 4.71. The first kappa shape index (κ1) is 11.9. The molecular formula is C14H10O4. The number of carboxylic acid groups (broad SMARTS) is 2. The van der Waals surface area contributed by atoms with Crippen LogP contribution in [0.2, 0.25) is 0 Å². The van der Waals surface area contributed by atoms with Gasteiger partial charge in [0.15, 0.2) is 0 Å². The van der Waals surface area contributed by atoms with Crippen LogP contribution < -0.4 is 0 Å². The van der Waals surface area contributed by atoms with Crippen molar-refractivity contribution < 1.29 is 19.8 Å². The van der Waals surface area contributed by atoms with E-state index in [2.05, 4.69) is 0 Å². The molecule has 0 aliphatic rings. The monoisotopic (exact) mass is 242 g/mol. The molecule has 0 aliphatic heterocycles. The van der Waals surface area contributed by atoms with E-state index < -0.39 is 11.9 Å². The zero-order valence-electron chi connectivity index (χ0n) is 9.33. The Hall–Kier alpha value is -2.62. The molecule has 0 saturated heterocycles. The molecule has 0 spiro atoms. The first-order valence-corrected chi connectivity index (χ1v) is 5.25. The van der Waals surface area contributed by atoms with Gasteiger partial charge in [-0.15, -0.1) is 0 Å². The number of carbonyl (C=O) groups is 2. The molecule has 0 atom stereocenters. The number of carboxylic acids is 2. The fourth-order valence-electron chi connectivity index (χ4n) is 1.72. The van der Waals surface area contributed by atoms with Crippen LogP contribution in [0.15, 0.2) is 48.5 Å². The molecule has 0 aliphatic carbocycles. The SMILES string of the molecule is O=C(O)c1ccc(-c2ccccc2)cc1C(=O)O. The molecule has 0 fully saturated rings. The van der Waals surface area contributed by atoms with Gasteiger partial charge in [0.25, 0.3) is 0 Å². The Morgan fingerprint density at radius 1 is 0.722 bits per heavy atom. The summed E-state index contributed by atoms with van der Waals surface area (Å²) in [6, 6.07) is 13.5. The Morgan fingerprint density at radius 3 is 1.89 bits per heavy atom. The first-order chi connectivity index (χ1) is 8.59. The highest BCUT2D eigenvalue weighted by Gasteiger charge is 2.16. The minimum atomic E-state index is -1.25. The predicted molar refractivity (Wildman–Crippen MR) is 65.8 cm³/mol. The predicted octanol–water partition coefficient (Wildman–Crippen LogP) is 2.75. The van der Waals surface area contributed by atoms with Crippen molar-refractivity contribution in [3.05, 3.63) is 59.7 Å². The van der Waals surface area contributed by atoms with Crippen LogP contribution in [0.4, 0.5) is 0 Å². The summed E-state index contributed by atoms with van der Waals surface area (Å²) in [4.78, 5) is 22.0. The van der Waals surface area contributed by atoms with E-state index in [1.165, 1.54) is 12.1 Å². The Labute approximate surface area is 103 Å². The van der Waals surface area contributed by atoms with Crippen LogP contribution in [-0.2, 0) is 0 Å². The highest BCUT2D eigenvalue weighted by Crippen LogP contribution is 2.22. The van der Waals surface area contributed by atoms with Crippen molar-refractivity contribution >= 4 is 11.9 Å². The van der Waals surface area contributed by atoms with Crippen LogP contribution in [0.1, 0.15) is 20.7 Å². The third kappa shape index (κ3) is 2.22. The van der Waals surface area contributed by atoms with Crippen molar-refractivity contribution in [1.82, 2.24) is 0 Å². The Balaban J connectivity index is 2.57. The third-order valence-electron chi connectivity index (χ3n) is 2.59. The molecule has 0 aromatic heterocycles. The molecule has 0 saturated carbocycles. The molecule has 0 bridgehead atoms. The van der Waals surface area contributed by atoms with E-state index in [1.807, 2.05) is 30.3 Å². The molecule has 0 unspecified atom stereocenters. The van der Waals surface area contributed by atoms with Gasteiger partial charge in [-0.3, -0.25) is 0 Å². The molecular weight excluding hydrogens is 232 g/mol. The standard InChI is InChI=1S/C14H10O4/c15-13(16)11-7-6-10(8-12(11)14(17)18)9-4-2-1-3-5-9/h1-8H,(H,15,16)(H,17,18). The summed E-state index contributed by atoms with van der Waals surface area (Å²) in [5.41, 5.74) is 1.11. The van der Waals surface area contributed by atoms with Gasteiger partial charge in [-0.2, -0.15) is 0 Å². The molecule has 4 heteroatoms. The van der Waals surface area contributed by atoms with E-state index in [1.54, 1.807) is 6.07 Å². The average molecular weight is 242 g/mol. The second-order valence-corrected chi connectivity index (χ2v) is 3.74. The number of rotatable bonds is 3. The van der Waals surface area contributed by atoms with E-state index in [9.17, 15) is 9.59 Å². The van der Waals surface area contributed by atoms with Crippen molar-refractivity contribution in [2.45, 2.75) is 0 Å². The normalized spacial score (nSPS) is 10.0. The van der Waals surface area contributed by atoms with E-state index >= 15 is 0 Å². The van der Waals surface area contributed by atoms with Crippen molar-refractivity contribution in [3.63, 3.8) is 0 Å². The van der Waals surface area contributed by atoms with E-state index in [-0.39, 0.29) is 11.1 Å². The maximum atomic E-state index is 11.0. The lowest BCUT2D eigenvalue weighted by Gasteiger charge is -2.06. The van der Waals surface area contributed by atoms with Gasteiger partial charge in [0.05, 0.1) is 11.1 Å².